The molecule has 1 fully saturated rings. The van der Waals surface area contributed by atoms with Crippen LogP contribution in [0.1, 0.15) is 37.1 Å². The number of benzene rings is 1. The second-order valence-corrected chi connectivity index (χ2v) is 7.11. The van der Waals surface area contributed by atoms with Gasteiger partial charge in [0.15, 0.2) is 0 Å². The molecular weight excluding hydrogens is 296 g/mol. The average molecular weight is 322 g/mol. The Kier molecular flexibility index (Phi) is 4.48. The van der Waals surface area contributed by atoms with Gasteiger partial charge in [0.1, 0.15) is 0 Å². The molecule has 4 heteroatoms. The van der Waals surface area contributed by atoms with Crippen molar-refractivity contribution in [2.75, 3.05) is 31.1 Å². The fourth-order valence-electron chi connectivity index (χ4n) is 4.14. The van der Waals surface area contributed by atoms with Gasteiger partial charge in [-0.2, -0.15) is 0 Å². The van der Waals surface area contributed by atoms with Gasteiger partial charge in [-0.25, -0.2) is 0 Å². The van der Waals surface area contributed by atoms with Gasteiger partial charge in [0.05, 0.1) is 11.7 Å². The summed E-state index contributed by atoms with van der Waals surface area (Å²) in [4.78, 5) is 13.8. The van der Waals surface area contributed by atoms with Crippen molar-refractivity contribution in [2.45, 2.75) is 32.2 Å². The zero-order valence-corrected chi connectivity index (χ0v) is 14.4. The summed E-state index contributed by atoms with van der Waals surface area (Å²) < 4.78 is 0. The van der Waals surface area contributed by atoms with Gasteiger partial charge in [-0.05, 0) is 56.8 Å². The molecule has 0 radical (unpaired) electrons. The summed E-state index contributed by atoms with van der Waals surface area (Å²) in [6, 6.07) is 9.26. The summed E-state index contributed by atoms with van der Waals surface area (Å²) in [7, 11) is 0. The van der Waals surface area contributed by atoms with Crippen molar-refractivity contribution in [1.82, 2.24) is 14.9 Å². The smallest absolute Gasteiger partial charge is 0.0755 e. The molecular formula is C20H26N4. The van der Waals surface area contributed by atoms with E-state index in [1.165, 1.54) is 43.6 Å². The van der Waals surface area contributed by atoms with Gasteiger partial charge in [0, 0.05) is 37.4 Å². The van der Waals surface area contributed by atoms with Crippen molar-refractivity contribution in [3.8, 4) is 0 Å². The van der Waals surface area contributed by atoms with Crippen molar-refractivity contribution < 1.29 is 0 Å². The van der Waals surface area contributed by atoms with E-state index in [-0.39, 0.29) is 0 Å². The van der Waals surface area contributed by atoms with E-state index in [4.69, 9.17) is 0 Å². The molecule has 126 valence electrons. The minimum Gasteiger partial charge on any atom is -0.371 e. The maximum atomic E-state index is 4.47. The summed E-state index contributed by atoms with van der Waals surface area (Å²) >= 11 is 0. The van der Waals surface area contributed by atoms with Gasteiger partial charge in [-0.3, -0.25) is 14.9 Å². The minimum atomic E-state index is 0.368. The van der Waals surface area contributed by atoms with Crippen LogP contribution >= 0.6 is 0 Å². The number of rotatable bonds is 4. The van der Waals surface area contributed by atoms with Gasteiger partial charge >= 0.3 is 0 Å². The Labute approximate surface area is 144 Å². The third-order valence-electron chi connectivity index (χ3n) is 5.67. The average Bonchev–Trinajstić information content (AvgIpc) is 3.06. The third kappa shape index (κ3) is 3.16. The lowest BCUT2D eigenvalue weighted by molar-refractivity contribution is 0.140. The van der Waals surface area contributed by atoms with E-state index < -0.39 is 0 Å². The number of anilines is 1. The lowest BCUT2D eigenvalue weighted by Crippen LogP contribution is -2.39. The molecule has 1 saturated heterocycles. The van der Waals surface area contributed by atoms with Gasteiger partial charge in [-0.1, -0.05) is 18.2 Å². The largest absolute Gasteiger partial charge is 0.371 e. The Morgan fingerprint density at radius 3 is 2.75 bits per heavy atom. The molecule has 0 bridgehead atoms. The van der Waals surface area contributed by atoms with Crippen LogP contribution in [-0.2, 0) is 6.42 Å². The molecule has 24 heavy (non-hydrogen) atoms. The molecule has 0 saturated carbocycles. The SMILES string of the molecule is C[C@@H](c1cnccn1)N1CCC(CN2CCc3ccccc32)CC1. The van der Waals surface area contributed by atoms with Crippen LogP contribution in [0.4, 0.5) is 5.69 Å². The molecule has 0 unspecified atom stereocenters. The lowest BCUT2D eigenvalue weighted by Gasteiger charge is -2.37. The van der Waals surface area contributed by atoms with Crippen LogP contribution in [0, 0.1) is 5.92 Å². The highest BCUT2D eigenvalue weighted by Gasteiger charge is 2.27. The number of likely N-dealkylation sites (tertiary alicyclic amines) is 1. The van der Waals surface area contributed by atoms with E-state index in [0.717, 1.165) is 24.7 Å². The number of piperidine rings is 1. The summed E-state index contributed by atoms with van der Waals surface area (Å²) in [5.41, 5.74) is 4.07. The minimum absolute atomic E-state index is 0.368. The maximum absolute atomic E-state index is 4.47. The molecule has 3 heterocycles. The first-order valence-electron chi connectivity index (χ1n) is 9.14. The topological polar surface area (TPSA) is 32.3 Å². The van der Waals surface area contributed by atoms with Gasteiger partial charge in [0.25, 0.3) is 0 Å². The fraction of sp³-hybridized carbons (Fsp3) is 0.500. The Hall–Kier alpha value is -1.94. The highest BCUT2D eigenvalue weighted by atomic mass is 15.2. The number of aromatic nitrogens is 2. The van der Waals surface area contributed by atoms with E-state index in [2.05, 4.69) is 51.0 Å². The van der Waals surface area contributed by atoms with Crippen LogP contribution in [0.5, 0.6) is 0 Å². The predicted octanol–water partition coefficient (Wildman–Crippen LogP) is 3.31. The molecule has 4 nitrogen and oxygen atoms in total. The molecule has 1 atom stereocenters. The van der Waals surface area contributed by atoms with Crippen LogP contribution in [0.15, 0.2) is 42.9 Å². The van der Waals surface area contributed by atoms with Crippen LogP contribution in [0.2, 0.25) is 0 Å². The first-order chi connectivity index (χ1) is 11.8. The van der Waals surface area contributed by atoms with Crippen molar-refractivity contribution in [2.24, 2.45) is 5.92 Å². The molecule has 0 N–H and O–H groups in total. The Balaban J connectivity index is 1.32. The third-order valence-corrected chi connectivity index (χ3v) is 5.67. The van der Waals surface area contributed by atoms with Crippen LogP contribution in [0.25, 0.3) is 0 Å². The standard InChI is InChI=1S/C20H26N4/c1-16(19-14-21-9-10-22-19)23-11-6-17(7-12-23)15-24-13-8-18-4-2-3-5-20(18)24/h2-5,9-10,14,16-17H,6-8,11-13,15H2,1H3/t16-/m0/s1. The van der Waals surface area contributed by atoms with Crippen LogP contribution < -0.4 is 4.90 Å². The fourth-order valence-corrected chi connectivity index (χ4v) is 4.14. The monoisotopic (exact) mass is 322 g/mol. The second-order valence-electron chi connectivity index (χ2n) is 7.11. The van der Waals surface area contributed by atoms with Crippen molar-refractivity contribution in [1.29, 1.82) is 0 Å². The predicted molar refractivity (Wildman–Crippen MR) is 97.1 cm³/mol. The molecule has 2 aliphatic heterocycles. The van der Waals surface area contributed by atoms with Crippen molar-refractivity contribution in [3.05, 3.63) is 54.1 Å². The first-order valence-corrected chi connectivity index (χ1v) is 9.14. The number of hydrogen-bond acceptors (Lipinski definition) is 4. The Morgan fingerprint density at radius 2 is 1.96 bits per heavy atom. The summed E-state index contributed by atoms with van der Waals surface area (Å²) in [6.07, 6.45) is 9.21. The highest BCUT2D eigenvalue weighted by molar-refractivity contribution is 5.57. The summed E-state index contributed by atoms with van der Waals surface area (Å²) in [5, 5.41) is 0. The molecule has 4 rings (SSSR count). The zero-order chi connectivity index (χ0) is 16.4. The van der Waals surface area contributed by atoms with Gasteiger partial charge in [-0.15, -0.1) is 0 Å². The zero-order valence-electron chi connectivity index (χ0n) is 14.4. The lowest BCUT2D eigenvalue weighted by atomic mass is 9.95. The number of para-hydroxylation sites is 1. The van der Waals surface area contributed by atoms with E-state index in [1.54, 1.807) is 12.4 Å². The number of nitrogens with zero attached hydrogens (tertiary/aromatic N) is 4. The van der Waals surface area contributed by atoms with Crippen molar-refractivity contribution in [3.63, 3.8) is 0 Å². The Morgan fingerprint density at radius 1 is 1.12 bits per heavy atom. The van der Waals surface area contributed by atoms with Gasteiger partial charge < -0.3 is 4.90 Å². The van der Waals surface area contributed by atoms with E-state index in [9.17, 15) is 0 Å². The van der Waals surface area contributed by atoms with E-state index in [1.807, 2.05) is 6.20 Å². The Bertz CT molecular complexity index is 664. The first kappa shape index (κ1) is 15.6. The molecule has 0 aliphatic carbocycles. The molecule has 1 aromatic carbocycles. The highest BCUT2D eigenvalue weighted by Crippen LogP contribution is 2.31. The quantitative estimate of drug-likeness (QED) is 0.864. The van der Waals surface area contributed by atoms with Crippen LogP contribution in [0.3, 0.4) is 0 Å². The molecule has 0 amide bonds. The van der Waals surface area contributed by atoms with Crippen LogP contribution in [-0.4, -0.2) is 41.0 Å². The van der Waals surface area contributed by atoms with Crippen molar-refractivity contribution >= 4 is 5.69 Å². The van der Waals surface area contributed by atoms with E-state index in [0.29, 0.717) is 6.04 Å². The maximum Gasteiger partial charge on any atom is 0.0755 e. The summed E-state index contributed by atoms with van der Waals surface area (Å²) in [5.74, 6) is 0.807. The second kappa shape index (κ2) is 6.89. The molecule has 1 aromatic heterocycles. The molecule has 2 aromatic rings. The van der Waals surface area contributed by atoms with E-state index >= 15 is 0 Å². The molecule has 2 aliphatic rings. The van der Waals surface area contributed by atoms with Gasteiger partial charge in [0.2, 0.25) is 0 Å². The number of hydrogen-bond donors (Lipinski definition) is 0. The number of fused-ring (bicyclic) bond motifs is 1. The summed E-state index contributed by atoms with van der Waals surface area (Å²) in [6.45, 7) is 6.98. The normalized spacial score (nSPS) is 20.1. The molecule has 0 spiro atoms.